The van der Waals surface area contributed by atoms with E-state index in [4.69, 9.17) is 0 Å². The zero-order valence-corrected chi connectivity index (χ0v) is 12.2. The Kier molecular flexibility index (Phi) is 3.22. The molecule has 106 valence electrons. The molecule has 2 aliphatic carbocycles. The van der Waals surface area contributed by atoms with Crippen LogP contribution in [0, 0.1) is 28.6 Å². The van der Waals surface area contributed by atoms with Gasteiger partial charge in [0.25, 0.3) is 0 Å². The van der Waals surface area contributed by atoms with Crippen LogP contribution in [0.3, 0.4) is 0 Å². The van der Waals surface area contributed by atoms with E-state index in [0.717, 1.165) is 30.5 Å². The second kappa shape index (κ2) is 4.79. The third-order valence-corrected chi connectivity index (χ3v) is 5.32. The summed E-state index contributed by atoms with van der Waals surface area (Å²) < 4.78 is 0. The van der Waals surface area contributed by atoms with Crippen LogP contribution in [0.1, 0.15) is 37.4 Å². The van der Waals surface area contributed by atoms with Crippen LogP contribution in [0.4, 0.5) is 5.69 Å². The van der Waals surface area contributed by atoms with Gasteiger partial charge in [0.05, 0.1) is 17.6 Å². The molecule has 1 N–H and O–H groups in total. The monoisotopic (exact) mass is 270 g/mol. The zero-order chi connectivity index (χ0) is 14.3. The van der Waals surface area contributed by atoms with Crippen molar-refractivity contribution < 1.29 is 5.11 Å². The maximum Gasteiger partial charge on any atom is 0.0979 e. The average Bonchev–Trinajstić information content (AvgIpc) is 3.07. The van der Waals surface area contributed by atoms with E-state index < -0.39 is 11.5 Å². The highest BCUT2D eigenvalue weighted by molar-refractivity contribution is 5.46. The highest BCUT2D eigenvalue weighted by Gasteiger charge is 2.55. The Balaban J connectivity index is 1.88. The van der Waals surface area contributed by atoms with E-state index in [0.29, 0.717) is 11.8 Å². The zero-order valence-electron chi connectivity index (χ0n) is 12.2. The summed E-state index contributed by atoms with van der Waals surface area (Å²) in [4.78, 5) is 2.04. The molecular weight excluding hydrogens is 248 g/mol. The summed E-state index contributed by atoms with van der Waals surface area (Å²) in [7, 11) is 4.00. The molecule has 1 aromatic carbocycles. The van der Waals surface area contributed by atoms with Crippen LogP contribution in [-0.2, 0) is 0 Å². The highest BCUT2D eigenvalue weighted by Crippen LogP contribution is 2.60. The maximum absolute atomic E-state index is 10.8. The Labute approximate surface area is 120 Å². The van der Waals surface area contributed by atoms with Crippen molar-refractivity contribution in [2.75, 3.05) is 19.0 Å². The third kappa shape index (κ3) is 1.91. The molecular formula is C17H22N2O. The first-order valence-corrected chi connectivity index (χ1v) is 7.43. The number of benzene rings is 1. The highest BCUT2D eigenvalue weighted by atomic mass is 16.3. The molecule has 2 aliphatic rings. The molecule has 3 rings (SSSR count). The molecule has 20 heavy (non-hydrogen) atoms. The van der Waals surface area contributed by atoms with Crippen molar-refractivity contribution in [1.29, 1.82) is 5.26 Å². The van der Waals surface area contributed by atoms with Crippen molar-refractivity contribution in [3.63, 3.8) is 0 Å². The topological polar surface area (TPSA) is 47.3 Å². The summed E-state index contributed by atoms with van der Waals surface area (Å²) in [5.41, 5.74) is 1.44. The SMILES string of the molecule is CN(C)c1ccc(C(O)C2(C#N)CC3CCC2C3)cc1. The van der Waals surface area contributed by atoms with Gasteiger partial charge in [0.2, 0.25) is 0 Å². The number of aliphatic hydroxyl groups excluding tert-OH is 1. The lowest BCUT2D eigenvalue weighted by Gasteiger charge is -2.35. The Bertz CT molecular complexity index is 531. The first-order valence-electron chi connectivity index (χ1n) is 7.43. The van der Waals surface area contributed by atoms with E-state index >= 15 is 0 Å². The molecule has 2 fully saturated rings. The smallest absolute Gasteiger partial charge is 0.0979 e. The predicted octanol–water partition coefficient (Wildman–Crippen LogP) is 3.12. The second-order valence-corrected chi connectivity index (χ2v) is 6.62. The summed E-state index contributed by atoms with van der Waals surface area (Å²) in [5.74, 6) is 1.02. The van der Waals surface area contributed by atoms with Crippen molar-refractivity contribution in [2.24, 2.45) is 17.3 Å². The molecule has 3 nitrogen and oxygen atoms in total. The average molecular weight is 270 g/mol. The van der Waals surface area contributed by atoms with Gasteiger partial charge >= 0.3 is 0 Å². The van der Waals surface area contributed by atoms with Gasteiger partial charge in [0.15, 0.2) is 0 Å². The Morgan fingerprint density at radius 2 is 2.00 bits per heavy atom. The van der Waals surface area contributed by atoms with E-state index in [1.54, 1.807) is 0 Å². The minimum atomic E-state index is -0.654. The number of aliphatic hydroxyl groups is 1. The van der Waals surface area contributed by atoms with Crippen LogP contribution >= 0.6 is 0 Å². The molecule has 0 aliphatic heterocycles. The van der Waals surface area contributed by atoms with E-state index in [-0.39, 0.29) is 0 Å². The molecule has 2 saturated carbocycles. The lowest BCUT2D eigenvalue weighted by molar-refractivity contribution is 0.0233. The Morgan fingerprint density at radius 3 is 2.45 bits per heavy atom. The summed E-state index contributed by atoms with van der Waals surface area (Å²) in [6.07, 6.45) is 3.68. The fraction of sp³-hybridized carbons (Fsp3) is 0.588. The number of rotatable bonds is 3. The summed E-state index contributed by atoms with van der Waals surface area (Å²) >= 11 is 0. The minimum absolute atomic E-state index is 0.376. The molecule has 0 aromatic heterocycles. The number of fused-ring (bicyclic) bond motifs is 2. The largest absolute Gasteiger partial charge is 0.387 e. The van der Waals surface area contributed by atoms with Gasteiger partial charge in [-0.3, -0.25) is 0 Å². The van der Waals surface area contributed by atoms with Crippen LogP contribution in [0.2, 0.25) is 0 Å². The minimum Gasteiger partial charge on any atom is -0.387 e. The van der Waals surface area contributed by atoms with Gasteiger partial charge in [-0.1, -0.05) is 18.6 Å². The summed E-state index contributed by atoms with van der Waals surface area (Å²) in [6, 6.07) is 10.4. The number of nitriles is 1. The normalized spacial score (nSPS) is 32.9. The summed E-state index contributed by atoms with van der Waals surface area (Å²) in [5, 5.41) is 20.5. The first-order chi connectivity index (χ1) is 9.56. The fourth-order valence-corrected chi connectivity index (χ4v) is 4.16. The van der Waals surface area contributed by atoms with E-state index in [1.807, 2.05) is 43.3 Å². The molecule has 0 heterocycles. The molecule has 2 bridgehead atoms. The van der Waals surface area contributed by atoms with Crippen LogP contribution < -0.4 is 4.90 Å². The van der Waals surface area contributed by atoms with Crippen molar-refractivity contribution in [1.82, 2.24) is 0 Å². The molecule has 0 radical (unpaired) electrons. The van der Waals surface area contributed by atoms with Crippen LogP contribution in [-0.4, -0.2) is 19.2 Å². The molecule has 4 atom stereocenters. The van der Waals surface area contributed by atoms with E-state index in [2.05, 4.69) is 6.07 Å². The van der Waals surface area contributed by atoms with E-state index in [1.165, 1.54) is 6.42 Å². The Hall–Kier alpha value is -1.53. The first kappa shape index (κ1) is 13.5. The van der Waals surface area contributed by atoms with Gasteiger partial charge in [-0.25, -0.2) is 0 Å². The van der Waals surface area contributed by atoms with Crippen molar-refractivity contribution in [3.8, 4) is 6.07 Å². The lowest BCUT2D eigenvalue weighted by Crippen LogP contribution is -2.33. The molecule has 3 heteroatoms. The van der Waals surface area contributed by atoms with Gasteiger partial charge in [0, 0.05) is 19.8 Å². The van der Waals surface area contributed by atoms with Gasteiger partial charge in [-0.2, -0.15) is 5.26 Å². The van der Waals surface area contributed by atoms with Gasteiger partial charge < -0.3 is 10.0 Å². The Morgan fingerprint density at radius 1 is 1.30 bits per heavy atom. The van der Waals surface area contributed by atoms with Crippen LogP contribution in [0.15, 0.2) is 24.3 Å². The third-order valence-electron chi connectivity index (χ3n) is 5.32. The molecule has 1 aromatic rings. The molecule has 0 amide bonds. The molecule has 0 saturated heterocycles. The second-order valence-electron chi connectivity index (χ2n) is 6.62. The van der Waals surface area contributed by atoms with Gasteiger partial charge in [-0.05, 0) is 48.8 Å². The van der Waals surface area contributed by atoms with Crippen molar-refractivity contribution in [3.05, 3.63) is 29.8 Å². The maximum atomic E-state index is 10.8. The standard InChI is InChI=1S/C17H22N2O/c1-19(2)15-7-4-13(5-8-15)16(20)17(11-18)10-12-3-6-14(17)9-12/h4-5,7-8,12,14,16,20H,3,6,9-10H2,1-2H3. The van der Waals surface area contributed by atoms with Gasteiger partial charge in [-0.15, -0.1) is 0 Å². The molecule has 4 unspecified atom stereocenters. The number of hydrogen-bond acceptors (Lipinski definition) is 3. The number of anilines is 1. The summed E-state index contributed by atoms with van der Waals surface area (Å²) in [6.45, 7) is 0. The van der Waals surface area contributed by atoms with Gasteiger partial charge in [0.1, 0.15) is 0 Å². The predicted molar refractivity (Wildman–Crippen MR) is 79.2 cm³/mol. The number of nitrogens with zero attached hydrogens (tertiary/aromatic N) is 2. The molecule has 0 spiro atoms. The van der Waals surface area contributed by atoms with Crippen molar-refractivity contribution in [2.45, 2.75) is 31.8 Å². The van der Waals surface area contributed by atoms with Crippen LogP contribution in [0.25, 0.3) is 0 Å². The quantitative estimate of drug-likeness (QED) is 0.918. The number of hydrogen-bond donors (Lipinski definition) is 1. The van der Waals surface area contributed by atoms with E-state index in [9.17, 15) is 10.4 Å². The van der Waals surface area contributed by atoms with Crippen molar-refractivity contribution >= 4 is 5.69 Å². The lowest BCUT2D eigenvalue weighted by atomic mass is 9.68. The van der Waals surface area contributed by atoms with Crippen LogP contribution in [0.5, 0.6) is 0 Å². The fourth-order valence-electron chi connectivity index (χ4n) is 4.16.